The van der Waals surface area contributed by atoms with E-state index in [1.165, 1.54) is 31.2 Å². The van der Waals surface area contributed by atoms with Crippen LogP contribution in [0.1, 0.15) is 29.7 Å². The molecule has 11 nitrogen and oxygen atoms in total. The summed E-state index contributed by atoms with van der Waals surface area (Å²) in [7, 11) is -4.65. The molecule has 3 rings (SSSR count). The van der Waals surface area contributed by atoms with Crippen LogP contribution in [0.4, 0.5) is 8.78 Å². The Morgan fingerprint density at radius 2 is 1.97 bits per heavy atom. The van der Waals surface area contributed by atoms with Gasteiger partial charge in [-0.25, -0.2) is 18.1 Å². The van der Waals surface area contributed by atoms with Crippen molar-refractivity contribution < 1.29 is 44.5 Å². The highest BCUT2D eigenvalue weighted by atomic mass is 31.2. The molecule has 1 fully saturated rings. The Kier molecular flexibility index (Phi) is 8.14. The number of benzene rings is 1. The van der Waals surface area contributed by atoms with Crippen molar-refractivity contribution in [1.29, 1.82) is 0 Å². The molecule has 204 valence electrons. The molecule has 2 aromatic rings. The van der Waals surface area contributed by atoms with Gasteiger partial charge in [0.05, 0.1) is 27.5 Å². The second-order valence-electron chi connectivity index (χ2n) is 8.73. The van der Waals surface area contributed by atoms with Crippen LogP contribution in [0.3, 0.4) is 0 Å². The van der Waals surface area contributed by atoms with Crippen LogP contribution >= 0.6 is 7.60 Å². The molecule has 0 radical (unpaired) electrons. The summed E-state index contributed by atoms with van der Waals surface area (Å²) in [5.41, 5.74) is -5.44. The van der Waals surface area contributed by atoms with Crippen LogP contribution in [0.15, 0.2) is 52.2 Å². The number of esters is 1. The van der Waals surface area contributed by atoms with Crippen molar-refractivity contribution >= 4 is 13.6 Å². The minimum atomic E-state index is -4.65. The molecule has 6 atom stereocenters. The van der Waals surface area contributed by atoms with Gasteiger partial charge < -0.3 is 19.1 Å². The molecule has 0 aliphatic carbocycles. The summed E-state index contributed by atoms with van der Waals surface area (Å²) in [6, 6.07) is 8.27. The Morgan fingerprint density at radius 3 is 2.57 bits per heavy atom. The number of aliphatic hydroxyl groups is 1. The Morgan fingerprint density at radius 1 is 1.30 bits per heavy atom. The van der Waals surface area contributed by atoms with Gasteiger partial charge >= 0.3 is 19.3 Å². The highest BCUT2D eigenvalue weighted by Crippen LogP contribution is 2.51. The number of aliphatic hydroxyl groups excluding tert-OH is 1. The number of carbonyl (C=O) groups is 1. The zero-order valence-corrected chi connectivity index (χ0v) is 21.1. The zero-order chi connectivity index (χ0) is 29.2. The second kappa shape index (κ2) is 11.7. The lowest BCUT2D eigenvalue weighted by atomic mass is 9.97. The first kappa shape index (κ1) is 25.8. The minimum absolute atomic E-state index is 0.0183. The van der Waals surface area contributed by atoms with Gasteiger partial charge in [0.25, 0.3) is 5.56 Å². The van der Waals surface area contributed by atoms with Crippen LogP contribution in [0.25, 0.3) is 0 Å². The first-order chi connectivity index (χ1) is 18.1. The third-order valence-electron chi connectivity index (χ3n) is 5.32. The maximum absolute atomic E-state index is 15.7. The number of carbonyl (C=O) groups excluding carboxylic acids is 1. The van der Waals surface area contributed by atoms with Gasteiger partial charge in [-0.3, -0.25) is 23.7 Å². The summed E-state index contributed by atoms with van der Waals surface area (Å²) in [5.74, 6) is -1.91. The average Bonchev–Trinajstić information content (AvgIpc) is 3.10. The molecule has 0 amide bonds. The van der Waals surface area contributed by atoms with Crippen LogP contribution < -0.4 is 15.8 Å². The van der Waals surface area contributed by atoms with Gasteiger partial charge in [-0.2, -0.15) is 0 Å². The predicted octanol–water partition coefficient (Wildman–Crippen LogP) is 2.35. The van der Waals surface area contributed by atoms with Crippen molar-refractivity contribution in [2.45, 2.75) is 51.0 Å². The van der Waals surface area contributed by atoms with Crippen LogP contribution in [0, 0.1) is 5.92 Å². The Bertz CT molecular complexity index is 1330. The number of hydrogen-bond acceptors (Lipinski definition) is 9. The Balaban J connectivity index is 1.96. The van der Waals surface area contributed by atoms with Gasteiger partial charge in [-0.05, 0) is 26.0 Å². The minimum Gasteiger partial charge on any atom is -0.463 e. The third-order valence-corrected chi connectivity index (χ3v) is 7.19. The van der Waals surface area contributed by atoms with Gasteiger partial charge in [-0.15, -0.1) is 0 Å². The number of nitrogens with one attached hydrogen (secondary N) is 1. The normalized spacial score (nSPS) is 27.2. The molecule has 0 bridgehead atoms. The van der Waals surface area contributed by atoms with Gasteiger partial charge in [0.15, 0.2) is 6.23 Å². The lowest BCUT2D eigenvalue weighted by Crippen LogP contribution is -2.47. The number of aromatic nitrogens is 2. The van der Waals surface area contributed by atoms with Crippen molar-refractivity contribution in [2.75, 3.05) is 19.4 Å². The zero-order valence-electron chi connectivity index (χ0n) is 22.2. The molecule has 14 heteroatoms. The van der Waals surface area contributed by atoms with Gasteiger partial charge in [0.2, 0.25) is 5.67 Å². The monoisotopic (exact) mass is 548 g/mol. The summed E-state index contributed by atoms with van der Waals surface area (Å²) < 4.78 is 81.7. The molecular formula is C23H29F2N2O9P. The van der Waals surface area contributed by atoms with Crippen molar-refractivity contribution in [3.63, 3.8) is 0 Å². The molecule has 1 aromatic heterocycles. The van der Waals surface area contributed by atoms with Gasteiger partial charge in [0, 0.05) is 12.3 Å². The number of rotatable bonds is 11. The fraction of sp³-hybridized carbons (Fsp3) is 0.522. The van der Waals surface area contributed by atoms with E-state index >= 15 is 4.39 Å². The molecule has 1 aromatic carbocycles. The molecular weight excluding hydrogens is 517 g/mol. The number of H-pyrrole nitrogens is 1. The Labute approximate surface area is 213 Å². The molecule has 1 saturated heterocycles. The summed E-state index contributed by atoms with van der Waals surface area (Å²) in [5, 5.41) is 10.6. The third kappa shape index (κ3) is 6.72. The molecule has 0 saturated carbocycles. The number of aromatic amines is 1. The first-order valence-electron chi connectivity index (χ1n) is 12.3. The summed E-state index contributed by atoms with van der Waals surface area (Å²) in [4.78, 5) is 37.8. The summed E-state index contributed by atoms with van der Waals surface area (Å²) in [6.07, 6.45) is -7.56. The highest BCUT2D eigenvalue weighted by Gasteiger charge is 2.59. The van der Waals surface area contributed by atoms with E-state index in [0.29, 0.717) is 4.57 Å². The number of alkyl halides is 2. The van der Waals surface area contributed by atoms with Crippen molar-refractivity contribution in [3.05, 3.63) is 63.4 Å². The van der Waals surface area contributed by atoms with Gasteiger partial charge in [0.1, 0.15) is 24.6 Å². The molecule has 1 aliphatic heterocycles. The molecule has 37 heavy (non-hydrogen) atoms. The van der Waals surface area contributed by atoms with E-state index in [1.807, 2.05) is 4.98 Å². The summed E-state index contributed by atoms with van der Waals surface area (Å²) in [6.45, 7) is -0.709. The van der Waals surface area contributed by atoms with Crippen molar-refractivity contribution in [2.24, 2.45) is 5.92 Å². The smallest absolute Gasteiger partial charge is 0.380 e. The fourth-order valence-electron chi connectivity index (χ4n) is 3.50. The first-order valence-corrected chi connectivity index (χ1v) is 13.0. The maximum atomic E-state index is 15.7. The molecule has 0 spiro atoms. The topological polar surface area (TPSA) is 146 Å². The van der Waals surface area contributed by atoms with Crippen molar-refractivity contribution in [3.8, 4) is 5.75 Å². The standard InChI is InChI=1S/C23H29F2N2O9P/c1-14(2)34-20(30)15(3)12-37(32,36-16-7-5-4-6-8-16)33-11-17-19(29)23(25,13-24)21(35-17)27-10-9-18(28)26-22(27)31/h4-10,14-15,17,19,21,29H,11-13H2,1-3H3,(H,26,28,31)/t15-,17-,19+,21-,23?,37-/m1/s1/i11D2. The van der Waals surface area contributed by atoms with E-state index in [9.17, 15) is 28.4 Å². The van der Waals surface area contributed by atoms with E-state index in [0.717, 1.165) is 12.3 Å². The quantitative estimate of drug-likeness (QED) is 0.319. The average molecular weight is 548 g/mol. The van der Waals surface area contributed by atoms with Crippen LogP contribution in [0.5, 0.6) is 5.75 Å². The lowest BCUT2D eigenvalue weighted by Gasteiger charge is -2.26. The predicted molar refractivity (Wildman–Crippen MR) is 127 cm³/mol. The van der Waals surface area contributed by atoms with E-state index in [2.05, 4.69) is 0 Å². The molecule has 1 aliphatic rings. The number of ether oxygens (including phenoxy) is 2. The Hall–Kier alpha value is -2.86. The molecule has 1 unspecified atom stereocenters. The van der Waals surface area contributed by atoms with E-state index < -0.39 is 80.3 Å². The number of para-hydroxylation sites is 1. The lowest BCUT2D eigenvalue weighted by molar-refractivity contribution is -0.151. The maximum Gasteiger partial charge on any atom is 0.380 e. The number of nitrogens with zero attached hydrogens (tertiary/aromatic N) is 1. The van der Waals surface area contributed by atoms with E-state index in [4.69, 9.17) is 21.3 Å². The molecule has 2 heterocycles. The summed E-state index contributed by atoms with van der Waals surface area (Å²) >= 11 is 0. The number of hydrogen-bond donors (Lipinski definition) is 2. The van der Waals surface area contributed by atoms with E-state index in [-0.39, 0.29) is 5.75 Å². The largest absolute Gasteiger partial charge is 0.463 e. The fourth-order valence-corrected chi connectivity index (χ4v) is 5.21. The van der Waals surface area contributed by atoms with Crippen LogP contribution in [0.2, 0.25) is 0 Å². The van der Waals surface area contributed by atoms with Crippen LogP contribution in [-0.2, 0) is 23.4 Å². The van der Waals surface area contributed by atoms with Crippen molar-refractivity contribution in [1.82, 2.24) is 9.55 Å². The SMILES string of the molecule is [2H]C([2H])(O[P@](=O)(C[C@@H](C)C(=O)OC(C)C)Oc1ccccc1)[C@H]1O[C@@H](n2ccc(=O)[nH]c2=O)C(F)(CF)[C@H]1O. The number of halogens is 2. The van der Waals surface area contributed by atoms with Crippen LogP contribution in [-0.4, -0.2) is 64.0 Å². The highest BCUT2D eigenvalue weighted by molar-refractivity contribution is 7.54. The second-order valence-corrected chi connectivity index (χ2v) is 10.7. The van der Waals surface area contributed by atoms with E-state index in [1.54, 1.807) is 19.9 Å². The van der Waals surface area contributed by atoms with Gasteiger partial charge in [-0.1, -0.05) is 25.1 Å². The molecule has 2 N–H and O–H groups in total.